The Morgan fingerprint density at radius 3 is 2.45 bits per heavy atom. The van der Waals surface area contributed by atoms with Gasteiger partial charge in [-0.15, -0.1) is 0 Å². The van der Waals surface area contributed by atoms with Crippen LogP contribution in [0.3, 0.4) is 0 Å². The van der Waals surface area contributed by atoms with Crippen LogP contribution >= 0.6 is 0 Å². The summed E-state index contributed by atoms with van der Waals surface area (Å²) in [6.45, 7) is 10.3. The van der Waals surface area contributed by atoms with Gasteiger partial charge >= 0.3 is 6.09 Å². The Bertz CT molecular complexity index is 2510. The zero-order chi connectivity index (χ0) is 44.0. The lowest BCUT2D eigenvalue weighted by Gasteiger charge is -2.33. The number of carbonyl (C=O) groups excluding carboxylic acids is 4. The van der Waals surface area contributed by atoms with Gasteiger partial charge in [0.1, 0.15) is 36.1 Å². The van der Waals surface area contributed by atoms with Crippen molar-refractivity contribution in [2.45, 2.75) is 96.8 Å². The van der Waals surface area contributed by atoms with Crippen LogP contribution in [0.1, 0.15) is 83.2 Å². The molecule has 0 bridgehead atoms. The number of aromatic nitrogens is 4. The van der Waals surface area contributed by atoms with E-state index in [1.807, 2.05) is 31.7 Å². The third-order valence-corrected chi connectivity index (χ3v) is 12.8. The summed E-state index contributed by atoms with van der Waals surface area (Å²) in [7, 11) is 4.47. The van der Waals surface area contributed by atoms with E-state index >= 15 is 0 Å². The molecule has 0 radical (unpaired) electrons. The topological polar surface area (TPSA) is 193 Å². The molecular formula is C46H56N8O8. The average molecular weight is 849 g/mol. The molecule has 3 aliphatic rings. The second kappa shape index (κ2) is 17.4. The molecule has 8 rings (SSSR count). The molecule has 0 unspecified atom stereocenters. The molecular weight excluding hydrogens is 793 g/mol. The molecule has 0 saturated carbocycles. The minimum atomic E-state index is -0.818. The molecule has 2 aromatic heterocycles. The second-order valence-electron chi connectivity index (χ2n) is 17.2. The maximum absolute atomic E-state index is 14.0. The fourth-order valence-electron chi connectivity index (χ4n) is 9.46. The van der Waals surface area contributed by atoms with Gasteiger partial charge in [0.25, 0.3) is 0 Å². The molecule has 4 N–H and O–H groups in total. The third-order valence-electron chi connectivity index (χ3n) is 12.8. The van der Waals surface area contributed by atoms with Crippen LogP contribution in [-0.2, 0) is 35.2 Å². The number of H-pyrrole nitrogens is 2. The molecule has 4 amide bonds. The number of ether oxygens (including phenoxy) is 4. The monoisotopic (exact) mass is 848 g/mol. The highest BCUT2D eigenvalue weighted by molar-refractivity contribution is 6.07. The fourth-order valence-corrected chi connectivity index (χ4v) is 9.46. The van der Waals surface area contributed by atoms with Gasteiger partial charge < -0.3 is 49.3 Å². The number of aromatic amines is 2. The summed E-state index contributed by atoms with van der Waals surface area (Å²) in [5, 5.41) is 7.46. The van der Waals surface area contributed by atoms with E-state index < -0.39 is 24.3 Å². The van der Waals surface area contributed by atoms with Crippen LogP contribution in [0.25, 0.3) is 44.2 Å². The van der Waals surface area contributed by atoms with Crippen molar-refractivity contribution in [1.29, 1.82) is 0 Å². The SMILES string of the molecule is COC[C@H]1C[C@@H](c2ncc(-c3ccc4c(c3)COc3cc5c(ccc6[nH]c([C@@H]7CC[C@H](C)N7C(=O)[C@@H](NC(C)=O)[C@@H](C)OC)nc65)cc3-4)[nH]2)N(C(=O)[C@@H](NC(=O)OC)C(C)C)C1. The Morgan fingerprint density at radius 1 is 0.919 bits per heavy atom. The van der Waals surface area contributed by atoms with E-state index in [-0.39, 0.29) is 47.7 Å². The Labute approximate surface area is 360 Å². The lowest BCUT2D eigenvalue weighted by molar-refractivity contribution is -0.142. The Hall–Kier alpha value is -6.00. The number of amides is 4. The third kappa shape index (κ3) is 7.97. The number of nitrogens with one attached hydrogen (secondary N) is 4. The smallest absolute Gasteiger partial charge is 0.407 e. The summed E-state index contributed by atoms with van der Waals surface area (Å²) in [5.41, 5.74) is 6.49. The van der Waals surface area contributed by atoms with Gasteiger partial charge in [-0.05, 0) is 85.4 Å². The Kier molecular flexibility index (Phi) is 12.0. The summed E-state index contributed by atoms with van der Waals surface area (Å²) in [4.78, 5) is 72.7. The van der Waals surface area contributed by atoms with Crippen LogP contribution in [0, 0.1) is 11.8 Å². The first kappa shape index (κ1) is 42.7. The molecule has 7 atom stereocenters. The van der Waals surface area contributed by atoms with Crippen molar-refractivity contribution >= 4 is 45.6 Å². The van der Waals surface area contributed by atoms with Gasteiger partial charge in [0, 0.05) is 50.6 Å². The van der Waals surface area contributed by atoms with Crippen molar-refractivity contribution in [1.82, 2.24) is 40.4 Å². The van der Waals surface area contributed by atoms with Crippen molar-refractivity contribution in [3.05, 3.63) is 65.9 Å². The minimum absolute atomic E-state index is 0.0443. The molecule has 16 heteroatoms. The lowest BCUT2D eigenvalue weighted by atomic mass is 9.92. The van der Waals surface area contributed by atoms with Gasteiger partial charge in [0.15, 0.2) is 0 Å². The summed E-state index contributed by atoms with van der Waals surface area (Å²) in [6, 6.07) is 12.4. The first-order chi connectivity index (χ1) is 29.8. The first-order valence-corrected chi connectivity index (χ1v) is 21.3. The molecule has 3 aliphatic heterocycles. The molecule has 3 aromatic carbocycles. The van der Waals surface area contributed by atoms with E-state index in [0.717, 1.165) is 68.3 Å². The van der Waals surface area contributed by atoms with Crippen molar-refractivity contribution in [3.8, 4) is 28.1 Å². The molecule has 16 nitrogen and oxygen atoms in total. The van der Waals surface area contributed by atoms with E-state index in [0.29, 0.717) is 37.8 Å². The number of imidazole rings is 2. The predicted octanol–water partition coefficient (Wildman–Crippen LogP) is 6.17. The number of hydrogen-bond acceptors (Lipinski definition) is 10. The zero-order valence-electron chi connectivity index (χ0n) is 36.5. The molecule has 2 saturated heterocycles. The summed E-state index contributed by atoms with van der Waals surface area (Å²) in [5.74, 6) is 1.40. The average Bonchev–Trinajstić information content (AvgIpc) is 4.09. The maximum atomic E-state index is 14.0. The quantitative estimate of drug-likeness (QED) is 0.113. The number of methoxy groups -OCH3 is 3. The minimum Gasteiger partial charge on any atom is -0.488 e. The summed E-state index contributed by atoms with van der Waals surface area (Å²) < 4.78 is 22.2. The molecule has 328 valence electrons. The number of benzene rings is 3. The second-order valence-corrected chi connectivity index (χ2v) is 17.2. The number of hydrogen-bond donors (Lipinski definition) is 4. The highest BCUT2D eigenvalue weighted by Crippen LogP contribution is 2.44. The molecule has 0 aliphatic carbocycles. The Balaban J connectivity index is 1.05. The van der Waals surface area contributed by atoms with Gasteiger partial charge in [-0.1, -0.05) is 32.0 Å². The normalized spacial score (nSPS) is 21.0. The zero-order valence-corrected chi connectivity index (χ0v) is 36.5. The molecule has 62 heavy (non-hydrogen) atoms. The maximum Gasteiger partial charge on any atom is 0.407 e. The molecule has 2 fully saturated rings. The van der Waals surface area contributed by atoms with Crippen LogP contribution in [0.2, 0.25) is 0 Å². The summed E-state index contributed by atoms with van der Waals surface area (Å²) in [6.07, 6.45) is 2.84. The highest BCUT2D eigenvalue weighted by atomic mass is 16.5. The lowest BCUT2D eigenvalue weighted by Crippen LogP contribution is -2.54. The van der Waals surface area contributed by atoms with E-state index in [4.69, 9.17) is 28.9 Å². The number of likely N-dealkylation sites (tertiary alicyclic amines) is 2. The molecule has 5 heterocycles. The van der Waals surface area contributed by atoms with Crippen molar-refractivity contribution in [3.63, 3.8) is 0 Å². The fraction of sp³-hybridized carbons (Fsp3) is 0.478. The van der Waals surface area contributed by atoms with E-state index in [1.54, 1.807) is 25.1 Å². The largest absolute Gasteiger partial charge is 0.488 e. The van der Waals surface area contributed by atoms with Gasteiger partial charge in [-0.25, -0.2) is 14.8 Å². The van der Waals surface area contributed by atoms with Crippen molar-refractivity contribution in [2.75, 3.05) is 34.5 Å². The van der Waals surface area contributed by atoms with Crippen molar-refractivity contribution < 1.29 is 38.1 Å². The van der Waals surface area contributed by atoms with Gasteiger partial charge in [0.05, 0.1) is 54.8 Å². The van der Waals surface area contributed by atoms with Crippen LogP contribution in [0.15, 0.2) is 48.7 Å². The number of carbonyl (C=O) groups is 4. The van der Waals surface area contributed by atoms with E-state index in [1.165, 1.54) is 21.1 Å². The molecule has 5 aromatic rings. The number of alkyl carbamates (subject to hydrolysis) is 1. The number of fused-ring (bicyclic) bond motifs is 6. The van der Waals surface area contributed by atoms with Gasteiger partial charge in [-0.3, -0.25) is 14.4 Å². The highest BCUT2D eigenvalue weighted by Gasteiger charge is 2.43. The number of rotatable bonds is 12. The van der Waals surface area contributed by atoms with Gasteiger partial charge in [-0.2, -0.15) is 0 Å². The number of nitrogens with zero attached hydrogens (tertiary/aromatic N) is 4. The van der Waals surface area contributed by atoms with Crippen molar-refractivity contribution in [2.24, 2.45) is 11.8 Å². The summed E-state index contributed by atoms with van der Waals surface area (Å²) >= 11 is 0. The standard InChI is InChI=1S/C46H56N8O8/c1-23(2)39(52-46(58)61-8)44(56)53-20-27(21-59-6)15-37(53)42-47-19-35(50-42)29-10-12-31-30(16-29)22-62-38-18-32-28(17-33(31)38)11-13-34-41(32)51-43(49-34)36-14-9-24(3)54(36)45(57)40(25(4)60-7)48-26(5)55/h10-13,16-19,23-25,27,36-37,39-40H,9,14-15,20-22H2,1-8H3,(H,47,50)(H,48,55)(H,49,51)(H,52,58)/t24-,25+,27-,36-,37-,39-,40-/m0/s1. The van der Waals surface area contributed by atoms with E-state index in [2.05, 4.69) is 57.0 Å². The van der Waals surface area contributed by atoms with E-state index in [9.17, 15) is 19.2 Å². The van der Waals surface area contributed by atoms with Crippen LogP contribution in [-0.4, -0.2) is 112 Å². The van der Waals surface area contributed by atoms with Crippen LogP contribution < -0.4 is 15.4 Å². The van der Waals surface area contributed by atoms with Gasteiger partial charge in [0.2, 0.25) is 17.7 Å². The first-order valence-electron chi connectivity index (χ1n) is 21.3. The van der Waals surface area contributed by atoms with Crippen LogP contribution in [0.5, 0.6) is 5.75 Å². The predicted molar refractivity (Wildman–Crippen MR) is 232 cm³/mol. The molecule has 0 spiro atoms. The van der Waals surface area contributed by atoms with Crippen LogP contribution in [0.4, 0.5) is 4.79 Å². The Morgan fingerprint density at radius 2 is 1.73 bits per heavy atom.